The minimum absolute atomic E-state index is 0.444. The third kappa shape index (κ3) is 5.32. The fraction of sp³-hybridized carbons (Fsp3) is 0.300. The summed E-state index contributed by atoms with van der Waals surface area (Å²) in [5, 5.41) is 7.67. The predicted octanol–water partition coefficient (Wildman–Crippen LogP) is 3.05. The Kier molecular flexibility index (Phi) is 6.61. The van der Waals surface area contributed by atoms with Crippen molar-refractivity contribution >= 4 is 0 Å². The summed E-state index contributed by atoms with van der Waals surface area (Å²) in [7, 11) is 1.67. The lowest BCUT2D eigenvalue weighted by Crippen LogP contribution is -2.17. The number of benzene rings is 1. The van der Waals surface area contributed by atoms with Gasteiger partial charge in [-0.05, 0) is 49.4 Å². The van der Waals surface area contributed by atoms with Crippen LogP contribution in [0.5, 0.6) is 11.5 Å². The molecule has 2 aromatic heterocycles. The fourth-order valence-electron chi connectivity index (χ4n) is 2.62. The van der Waals surface area contributed by atoms with Gasteiger partial charge in [0.2, 0.25) is 0 Å². The SMILES string of the molecule is COc1ccc(OCc2ccccn2)c(CNCCCn2cccn2)c1. The molecule has 0 saturated heterocycles. The number of hydrogen-bond donors (Lipinski definition) is 1. The molecule has 0 spiro atoms. The van der Waals surface area contributed by atoms with Crippen LogP contribution in [0.4, 0.5) is 0 Å². The number of methoxy groups -OCH3 is 1. The monoisotopic (exact) mass is 352 g/mol. The van der Waals surface area contributed by atoms with Crippen molar-refractivity contribution in [3.05, 3.63) is 72.3 Å². The van der Waals surface area contributed by atoms with E-state index in [1.54, 1.807) is 19.5 Å². The maximum absolute atomic E-state index is 5.97. The molecule has 0 aliphatic rings. The fourth-order valence-corrected chi connectivity index (χ4v) is 2.62. The number of nitrogens with one attached hydrogen (secondary N) is 1. The van der Waals surface area contributed by atoms with Crippen molar-refractivity contribution in [2.24, 2.45) is 0 Å². The second kappa shape index (κ2) is 9.58. The topological polar surface area (TPSA) is 61.2 Å². The average Bonchev–Trinajstić information content (AvgIpc) is 3.21. The van der Waals surface area contributed by atoms with Gasteiger partial charge >= 0.3 is 0 Å². The molecule has 136 valence electrons. The minimum atomic E-state index is 0.444. The predicted molar refractivity (Wildman–Crippen MR) is 100 cm³/mol. The van der Waals surface area contributed by atoms with Crippen LogP contribution in [-0.2, 0) is 19.7 Å². The van der Waals surface area contributed by atoms with Gasteiger partial charge in [0, 0.05) is 37.2 Å². The number of aromatic nitrogens is 3. The molecule has 0 unspecified atom stereocenters. The Hall–Kier alpha value is -2.86. The molecular formula is C20H24N4O2. The van der Waals surface area contributed by atoms with E-state index in [9.17, 15) is 0 Å². The molecule has 3 rings (SSSR count). The van der Waals surface area contributed by atoms with Crippen molar-refractivity contribution in [1.29, 1.82) is 0 Å². The van der Waals surface area contributed by atoms with Gasteiger partial charge in [0.1, 0.15) is 18.1 Å². The molecule has 2 heterocycles. The molecule has 0 radical (unpaired) electrons. The number of pyridine rings is 1. The van der Waals surface area contributed by atoms with Crippen LogP contribution < -0.4 is 14.8 Å². The molecule has 1 N–H and O–H groups in total. The first-order valence-corrected chi connectivity index (χ1v) is 8.73. The number of ether oxygens (including phenoxy) is 2. The summed E-state index contributed by atoms with van der Waals surface area (Å²) in [6.07, 6.45) is 6.56. The van der Waals surface area contributed by atoms with Crippen LogP contribution in [0, 0.1) is 0 Å². The zero-order valence-electron chi connectivity index (χ0n) is 15.0. The largest absolute Gasteiger partial charge is 0.497 e. The van der Waals surface area contributed by atoms with Gasteiger partial charge in [-0.15, -0.1) is 0 Å². The lowest BCUT2D eigenvalue weighted by Gasteiger charge is -2.13. The van der Waals surface area contributed by atoms with E-state index in [0.717, 1.165) is 42.3 Å². The third-order valence-electron chi connectivity index (χ3n) is 3.98. The Labute approximate surface area is 153 Å². The van der Waals surface area contributed by atoms with E-state index in [0.29, 0.717) is 13.2 Å². The maximum atomic E-state index is 5.97. The zero-order chi connectivity index (χ0) is 18.0. The number of hydrogen-bond acceptors (Lipinski definition) is 5. The van der Waals surface area contributed by atoms with Crippen LogP contribution in [0.3, 0.4) is 0 Å². The van der Waals surface area contributed by atoms with Gasteiger partial charge in [0.25, 0.3) is 0 Å². The smallest absolute Gasteiger partial charge is 0.130 e. The molecule has 26 heavy (non-hydrogen) atoms. The minimum Gasteiger partial charge on any atom is -0.497 e. The first-order chi connectivity index (χ1) is 12.8. The highest BCUT2D eigenvalue weighted by atomic mass is 16.5. The Morgan fingerprint density at radius 3 is 2.85 bits per heavy atom. The molecular weight excluding hydrogens is 328 g/mol. The number of nitrogens with zero attached hydrogens (tertiary/aromatic N) is 3. The number of aryl methyl sites for hydroxylation is 1. The van der Waals surface area contributed by atoms with Crippen LogP contribution >= 0.6 is 0 Å². The molecule has 0 aliphatic heterocycles. The third-order valence-corrected chi connectivity index (χ3v) is 3.98. The van der Waals surface area contributed by atoms with Gasteiger partial charge in [0.15, 0.2) is 0 Å². The molecule has 0 fully saturated rings. The second-order valence-corrected chi connectivity index (χ2v) is 5.88. The standard InChI is InChI=1S/C20H24N4O2/c1-25-19-7-8-20(26-16-18-6-2-3-10-22-18)17(14-19)15-21-9-4-12-24-13-5-11-23-24/h2-3,5-8,10-11,13-14,21H,4,9,12,15-16H2,1H3. The highest BCUT2D eigenvalue weighted by molar-refractivity contribution is 5.40. The van der Waals surface area contributed by atoms with Crippen LogP contribution in [0.15, 0.2) is 61.1 Å². The summed E-state index contributed by atoms with van der Waals surface area (Å²) in [4.78, 5) is 4.29. The van der Waals surface area contributed by atoms with E-state index in [1.807, 2.05) is 53.3 Å². The molecule has 3 aromatic rings. The Morgan fingerprint density at radius 1 is 1.12 bits per heavy atom. The lowest BCUT2D eigenvalue weighted by molar-refractivity contribution is 0.296. The van der Waals surface area contributed by atoms with Gasteiger partial charge in [-0.25, -0.2) is 0 Å². The van der Waals surface area contributed by atoms with E-state index >= 15 is 0 Å². The Balaban J connectivity index is 1.53. The summed E-state index contributed by atoms with van der Waals surface area (Å²) >= 11 is 0. The zero-order valence-corrected chi connectivity index (χ0v) is 15.0. The van der Waals surface area contributed by atoms with Crippen LogP contribution in [0.25, 0.3) is 0 Å². The van der Waals surface area contributed by atoms with E-state index < -0.39 is 0 Å². The van der Waals surface area contributed by atoms with Gasteiger partial charge in [0.05, 0.1) is 12.8 Å². The van der Waals surface area contributed by atoms with E-state index in [4.69, 9.17) is 9.47 Å². The van der Waals surface area contributed by atoms with Gasteiger partial charge in [-0.1, -0.05) is 6.07 Å². The summed E-state index contributed by atoms with van der Waals surface area (Å²) in [5.41, 5.74) is 1.97. The van der Waals surface area contributed by atoms with Gasteiger partial charge < -0.3 is 14.8 Å². The van der Waals surface area contributed by atoms with Crippen molar-refractivity contribution in [2.75, 3.05) is 13.7 Å². The molecule has 0 aliphatic carbocycles. The molecule has 6 heteroatoms. The lowest BCUT2D eigenvalue weighted by atomic mass is 10.2. The first kappa shape index (κ1) is 17.9. The quantitative estimate of drug-likeness (QED) is 0.568. The second-order valence-electron chi connectivity index (χ2n) is 5.88. The van der Waals surface area contributed by atoms with Gasteiger partial charge in [-0.3, -0.25) is 9.67 Å². The first-order valence-electron chi connectivity index (χ1n) is 8.73. The Bertz CT molecular complexity index is 776. The Morgan fingerprint density at radius 2 is 2.08 bits per heavy atom. The highest BCUT2D eigenvalue weighted by Crippen LogP contribution is 2.25. The van der Waals surface area contributed by atoms with Crippen molar-refractivity contribution in [3.8, 4) is 11.5 Å². The average molecular weight is 352 g/mol. The molecule has 0 atom stereocenters. The van der Waals surface area contributed by atoms with Crippen LogP contribution in [0.1, 0.15) is 17.7 Å². The summed E-state index contributed by atoms with van der Waals surface area (Å²) in [6.45, 7) is 2.96. The molecule has 6 nitrogen and oxygen atoms in total. The van der Waals surface area contributed by atoms with Crippen molar-refractivity contribution in [1.82, 2.24) is 20.1 Å². The summed E-state index contributed by atoms with van der Waals surface area (Å²) < 4.78 is 13.2. The normalized spacial score (nSPS) is 10.7. The van der Waals surface area contributed by atoms with Crippen molar-refractivity contribution in [2.45, 2.75) is 26.1 Å². The maximum Gasteiger partial charge on any atom is 0.130 e. The molecule has 0 saturated carbocycles. The summed E-state index contributed by atoms with van der Waals surface area (Å²) in [6, 6.07) is 13.6. The van der Waals surface area contributed by atoms with Crippen molar-refractivity contribution in [3.63, 3.8) is 0 Å². The van der Waals surface area contributed by atoms with E-state index in [2.05, 4.69) is 15.4 Å². The van der Waals surface area contributed by atoms with E-state index in [-0.39, 0.29) is 0 Å². The van der Waals surface area contributed by atoms with Crippen molar-refractivity contribution < 1.29 is 9.47 Å². The van der Waals surface area contributed by atoms with Crippen LogP contribution in [-0.4, -0.2) is 28.4 Å². The summed E-state index contributed by atoms with van der Waals surface area (Å²) in [5.74, 6) is 1.67. The van der Waals surface area contributed by atoms with Crippen LogP contribution in [0.2, 0.25) is 0 Å². The number of rotatable bonds is 10. The molecule has 1 aromatic carbocycles. The molecule has 0 bridgehead atoms. The highest BCUT2D eigenvalue weighted by Gasteiger charge is 2.07. The van der Waals surface area contributed by atoms with E-state index in [1.165, 1.54) is 0 Å². The molecule has 0 amide bonds. The van der Waals surface area contributed by atoms with Gasteiger partial charge in [-0.2, -0.15) is 5.10 Å².